The largest absolute Gasteiger partial charge is 0.437 e. The Morgan fingerprint density at radius 3 is 2.51 bits per heavy atom. The van der Waals surface area contributed by atoms with Crippen LogP contribution in [0.5, 0.6) is 11.6 Å². The third-order valence-electron chi connectivity index (χ3n) is 5.54. The second-order valence-corrected chi connectivity index (χ2v) is 9.89. The number of halogens is 1. The highest BCUT2D eigenvalue weighted by atomic mass is 32.2. The number of nitrogens with one attached hydrogen (secondary N) is 1. The van der Waals surface area contributed by atoms with Crippen molar-refractivity contribution in [3.8, 4) is 22.9 Å². The van der Waals surface area contributed by atoms with Crippen molar-refractivity contribution in [2.45, 2.75) is 12.7 Å². The number of hydrogen-bond acceptors (Lipinski definition) is 8. The molecule has 9 nitrogen and oxygen atoms in total. The van der Waals surface area contributed by atoms with Crippen molar-refractivity contribution in [2.75, 3.05) is 10.5 Å². The molecule has 3 aromatic heterocycles. The summed E-state index contributed by atoms with van der Waals surface area (Å²) in [7, 11) is -3.96. The van der Waals surface area contributed by atoms with Gasteiger partial charge in [-0.25, -0.2) is 27.8 Å². The first-order chi connectivity index (χ1) is 17.8. The van der Waals surface area contributed by atoms with Crippen LogP contribution < -0.4 is 15.2 Å². The van der Waals surface area contributed by atoms with Gasteiger partial charge in [-0.2, -0.15) is 0 Å². The molecule has 0 spiro atoms. The minimum Gasteiger partial charge on any atom is -0.437 e. The normalized spacial score (nSPS) is 11.4. The van der Waals surface area contributed by atoms with Crippen LogP contribution in [0.3, 0.4) is 0 Å². The van der Waals surface area contributed by atoms with Crippen molar-refractivity contribution < 1.29 is 17.5 Å². The molecule has 0 amide bonds. The number of nitrogens with two attached hydrogens (primary N) is 1. The number of anilines is 2. The molecule has 5 aromatic rings. The predicted molar refractivity (Wildman–Crippen MR) is 139 cm³/mol. The van der Waals surface area contributed by atoms with Crippen LogP contribution in [0.2, 0.25) is 0 Å². The van der Waals surface area contributed by atoms with Crippen molar-refractivity contribution in [2.24, 2.45) is 0 Å². The summed E-state index contributed by atoms with van der Waals surface area (Å²) < 4.78 is 49.3. The highest BCUT2D eigenvalue weighted by Crippen LogP contribution is 2.39. The van der Waals surface area contributed by atoms with Gasteiger partial charge in [0.25, 0.3) is 0 Å². The second-order valence-electron chi connectivity index (χ2n) is 8.17. The molecule has 0 atom stereocenters. The fraction of sp³-hybridized carbons (Fsp3) is 0.0769. The molecule has 0 radical (unpaired) electrons. The summed E-state index contributed by atoms with van der Waals surface area (Å²) in [5.74, 6) is -0.380. The number of fused-ring (bicyclic) bond motifs is 1. The molecule has 3 N–H and O–H groups in total. The molecule has 186 valence electrons. The van der Waals surface area contributed by atoms with E-state index in [0.717, 1.165) is 5.56 Å². The number of nitrogen functional groups attached to an aromatic ring is 1. The molecule has 3 heterocycles. The molecule has 0 aliphatic heterocycles. The highest BCUT2D eigenvalue weighted by molar-refractivity contribution is 7.91. The summed E-state index contributed by atoms with van der Waals surface area (Å²) in [4.78, 5) is 16.6. The number of aryl methyl sites for hydroxylation is 1. The molecule has 0 unspecified atom stereocenters. The Morgan fingerprint density at radius 1 is 0.919 bits per heavy atom. The zero-order valence-corrected chi connectivity index (χ0v) is 20.4. The van der Waals surface area contributed by atoms with Gasteiger partial charge in [0.15, 0.2) is 0 Å². The lowest BCUT2D eigenvalue weighted by Crippen LogP contribution is -2.17. The Labute approximate surface area is 212 Å². The molecule has 0 saturated carbocycles. The molecule has 0 aliphatic rings. The van der Waals surface area contributed by atoms with E-state index in [1.165, 1.54) is 24.5 Å². The van der Waals surface area contributed by atoms with Crippen LogP contribution in [-0.4, -0.2) is 28.4 Å². The first-order valence-electron chi connectivity index (χ1n) is 11.1. The van der Waals surface area contributed by atoms with Gasteiger partial charge in [-0.1, -0.05) is 18.2 Å². The van der Waals surface area contributed by atoms with Crippen molar-refractivity contribution in [3.05, 3.63) is 96.3 Å². The van der Waals surface area contributed by atoms with Gasteiger partial charge in [0.05, 0.1) is 22.6 Å². The third kappa shape index (κ3) is 5.16. The van der Waals surface area contributed by atoms with Crippen molar-refractivity contribution in [1.82, 2.24) is 19.9 Å². The summed E-state index contributed by atoms with van der Waals surface area (Å²) in [5.41, 5.74) is 7.73. The standard InChI is InChI=1S/C26H21FN6O3S/c1-16-7-8-18-19(9-10-21(27)23(18)33-37(34,35)15-17-5-2-3-12-29-17)24(16)36-25-20(6-4-13-30-25)22-11-14-31-26(28)32-22/h2-14,33H,15H2,1H3,(H2,28,31,32). The smallest absolute Gasteiger partial charge is 0.238 e. The Morgan fingerprint density at radius 2 is 1.73 bits per heavy atom. The van der Waals surface area contributed by atoms with E-state index in [9.17, 15) is 12.8 Å². The Kier molecular flexibility index (Phi) is 6.36. The molecule has 11 heteroatoms. The maximum Gasteiger partial charge on any atom is 0.238 e. The lowest BCUT2D eigenvalue weighted by Gasteiger charge is -2.17. The van der Waals surface area contributed by atoms with Crippen LogP contribution in [0.25, 0.3) is 22.0 Å². The maximum absolute atomic E-state index is 14.9. The average molecular weight is 517 g/mol. The van der Waals surface area contributed by atoms with Gasteiger partial charge in [-0.05, 0) is 55.0 Å². The van der Waals surface area contributed by atoms with E-state index >= 15 is 0 Å². The van der Waals surface area contributed by atoms with E-state index in [1.807, 2.05) is 6.92 Å². The van der Waals surface area contributed by atoms with E-state index < -0.39 is 21.6 Å². The van der Waals surface area contributed by atoms with Crippen LogP contribution in [0, 0.1) is 12.7 Å². The Hall–Kier alpha value is -4.64. The molecule has 2 aromatic carbocycles. The number of aromatic nitrogens is 4. The number of nitrogens with zero attached hydrogens (tertiary/aromatic N) is 4. The average Bonchev–Trinajstić information content (AvgIpc) is 2.88. The number of hydrogen-bond donors (Lipinski definition) is 2. The molecular formula is C26H21FN6O3S. The number of benzene rings is 2. The van der Waals surface area contributed by atoms with E-state index in [2.05, 4.69) is 24.7 Å². The van der Waals surface area contributed by atoms with E-state index in [0.29, 0.717) is 33.5 Å². The molecule has 0 aliphatic carbocycles. The molecule has 37 heavy (non-hydrogen) atoms. The molecule has 5 rings (SSSR count). The summed E-state index contributed by atoms with van der Waals surface area (Å²) in [6, 6.07) is 16.2. The summed E-state index contributed by atoms with van der Waals surface area (Å²) in [6.07, 6.45) is 4.60. The second kappa shape index (κ2) is 9.78. The number of sulfonamides is 1. The molecule has 0 saturated heterocycles. The number of ether oxygens (including phenoxy) is 1. The zero-order valence-electron chi connectivity index (χ0n) is 19.6. The van der Waals surface area contributed by atoms with Crippen molar-refractivity contribution in [1.29, 1.82) is 0 Å². The minimum absolute atomic E-state index is 0.103. The minimum atomic E-state index is -3.96. The van der Waals surface area contributed by atoms with E-state index in [1.54, 1.807) is 54.7 Å². The van der Waals surface area contributed by atoms with Gasteiger partial charge < -0.3 is 10.5 Å². The monoisotopic (exact) mass is 516 g/mol. The fourth-order valence-electron chi connectivity index (χ4n) is 3.86. The number of rotatable bonds is 7. The van der Waals surface area contributed by atoms with Crippen LogP contribution >= 0.6 is 0 Å². The number of pyridine rings is 2. The van der Waals surface area contributed by atoms with Gasteiger partial charge in [0.2, 0.25) is 21.9 Å². The lowest BCUT2D eigenvalue weighted by molar-refractivity contribution is 0.466. The third-order valence-corrected chi connectivity index (χ3v) is 6.73. The first kappa shape index (κ1) is 24.1. The van der Waals surface area contributed by atoms with Crippen LogP contribution in [-0.2, 0) is 15.8 Å². The summed E-state index contributed by atoms with van der Waals surface area (Å²) in [6.45, 7) is 1.83. The van der Waals surface area contributed by atoms with Gasteiger partial charge in [-0.3, -0.25) is 9.71 Å². The van der Waals surface area contributed by atoms with E-state index in [-0.39, 0.29) is 17.5 Å². The SMILES string of the molecule is Cc1ccc2c(NS(=O)(=O)Cc3ccccn3)c(F)ccc2c1Oc1ncccc1-c1ccnc(N)n1. The van der Waals surface area contributed by atoms with Gasteiger partial charge in [0, 0.05) is 29.4 Å². The predicted octanol–water partition coefficient (Wildman–Crippen LogP) is 4.85. The van der Waals surface area contributed by atoms with Crippen LogP contribution in [0.4, 0.5) is 16.0 Å². The molecule has 0 bridgehead atoms. The van der Waals surface area contributed by atoms with E-state index in [4.69, 9.17) is 10.5 Å². The van der Waals surface area contributed by atoms with Gasteiger partial charge in [-0.15, -0.1) is 0 Å². The van der Waals surface area contributed by atoms with Crippen molar-refractivity contribution >= 4 is 32.4 Å². The molecule has 0 fully saturated rings. The van der Waals surface area contributed by atoms with Crippen LogP contribution in [0.1, 0.15) is 11.3 Å². The van der Waals surface area contributed by atoms with Crippen LogP contribution in [0.15, 0.2) is 79.3 Å². The maximum atomic E-state index is 14.9. The highest BCUT2D eigenvalue weighted by Gasteiger charge is 2.20. The first-order valence-corrected chi connectivity index (χ1v) is 12.8. The zero-order chi connectivity index (χ0) is 26.0. The fourth-order valence-corrected chi connectivity index (χ4v) is 5.01. The lowest BCUT2D eigenvalue weighted by atomic mass is 10.0. The summed E-state index contributed by atoms with van der Waals surface area (Å²) in [5, 5.41) is 0.824. The Balaban J connectivity index is 1.56. The topological polar surface area (TPSA) is 133 Å². The quantitative estimate of drug-likeness (QED) is 0.314. The van der Waals surface area contributed by atoms with Gasteiger partial charge >= 0.3 is 0 Å². The molecular weight excluding hydrogens is 495 g/mol. The Bertz CT molecular complexity index is 1720. The van der Waals surface area contributed by atoms with Gasteiger partial charge in [0.1, 0.15) is 17.3 Å². The van der Waals surface area contributed by atoms with Crippen molar-refractivity contribution in [3.63, 3.8) is 0 Å². The summed E-state index contributed by atoms with van der Waals surface area (Å²) >= 11 is 0.